The molecule has 2 atom stereocenters. The van der Waals surface area contributed by atoms with Gasteiger partial charge in [0.2, 0.25) is 0 Å². The van der Waals surface area contributed by atoms with Gasteiger partial charge in [0.25, 0.3) is 5.56 Å². The summed E-state index contributed by atoms with van der Waals surface area (Å²) in [5.41, 5.74) is 3.82. The third kappa shape index (κ3) is 5.98. The first kappa shape index (κ1) is 25.7. The SMILES string of the molecule is C=C(C)C(=O)OCc1ccccc1.Cc1nc2cc(C3C(C)CCCN3C(=O)O)[nH]n2c(=O)c1C. The van der Waals surface area contributed by atoms with Gasteiger partial charge in [-0.15, -0.1) is 0 Å². The highest BCUT2D eigenvalue weighted by Crippen LogP contribution is 2.35. The number of esters is 1. The number of likely N-dealkylation sites (tertiary alicyclic amines) is 1. The van der Waals surface area contributed by atoms with Crippen molar-refractivity contribution in [2.75, 3.05) is 6.54 Å². The largest absolute Gasteiger partial charge is 0.465 e. The summed E-state index contributed by atoms with van der Waals surface area (Å²) in [5, 5.41) is 12.5. The van der Waals surface area contributed by atoms with Crippen LogP contribution in [0.2, 0.25) is 0 Å². The number of nitrogens with zero attached hydrogens (tertiary/aromatic N) is 3. The van der Waals surface area contributed by atoms with Crippen molar-refractivity contribution in [3.63, 3.8) is 0 Å². The van der Waals surface area contributed by atoms with E-state index in [0.717, 1.165) is 24.1 Å². The lowest BCUT2D eigenvalue weighted by Gasteiger charge is -2.37. The zero-order valence-corrected chi connectivity index (χ0v) is 20.6. The highest BCUT2D eigenvalue weighted by molar-refractivity contribution is 5.86. The minimum absolute atomic E-state index is 0.140. The minimum Gasteiger partial charge on any atom is -0.465 e. The number of fused-ring (bicyclic) bond motifs is 1. The number of aromatic amines is 1. The summed E-state index contributed by atoms with van der Waals surface area (Å²) >= 11 is 0. The van der Waals surface area contributed by atoms with Gasteiger partial charge in [-0.25, -0.2) is 19.1 Å². The maximum atomic E-state index is 12.3. The van der Waals surface area contributed by atoms with Gasteiger partial charge in [-0.1, -0.05) is 43.8 Å². The summed E-state index contributed by atoms with van der Waals surface area (Å²) < 4.78 is 6.35. The first-order chi connectivity index (χ1) is 16.6. The quantitative estimate of drug-likeness (QED) is 0.422. The first-order valence-electron chi connectivity index (χ1n) is 11.5. The maximum Gasteiger partial charge on any atom is 0.407 e. The molecule has 1 saturated heterocycles. The summed E-state index contributed by atoms with van der Waals surface area (Å²) in [6.45, 7) is 11.5. The van der Waals surface area contributed by atoms with Gasteiger partial charge in [0.1, 0.15) is 6.61 Å². The smallest absolute Gasteiger partial charge is 0.407 e. The van der Waals surface area contributed by atoms with E-state index in [1.54, 1.807) is 26.8 Å². The van der Waals surface area contributed by atoms with Crippen LogP contribution in [0.1, 0.15) is 55.2 Å². The maximum absolute atomic E-state index is 12.3. The van der Waals surface area contributed by atoms with Crippen LogP contribution in [0, 0.1) is 19.8 Å². The van der Waals surface area contributed by atoms with E-state index < -0.39 is 6.09 Å². The second kappa shape index (κ2) is 11.0. The van der Waals surface area contributed by atoms with E-state index in [4.69, 9.17) is 4.74 Å². The molecule has 1 fully saturated rings. The molecule has 3 aromatic rings. The van der Waals surface area contributed by atoms with Gasteiger partial charge in [-0.2, -0.15) is 0 Å². The van der Waals surface area contributed by atoms with E-state index >= 15 is 0 Å². The van der Waals surface area contributed by atoms with Crippen LogP contribution >= 0.6 is 0 Å². The van der Waals surface area contributed by atoms with Crippen molar-refractivity contribution in [3.8, 4) is 0 Å². The van der Waals surface area contributed by atoms with Crippen LogP contribution in [0.4, 0.5) is 4.79 Å². The Kier molecular flexibility index (Phi) is 8.11. The fourth-order valence-electron chi connectivity index (χ4n) is 4.11. The number of nitrogens with one attached hydrogen (secondary N) is 1. The number of carboxylic acid groups (broad SMARTS) is 1. The number of carbonyl (C=O) groups excluding carboxylic acids is 1. The van der Waals surface area contributed by atoms with Crippen LogP contribution < -0.4 is 5.56 Å². The van der Waals surface area contributed by atoms with E-state index in [1.165, 1.54) is 9.42 Å². The Morgan fingerprint density at radius 3 is 2.57 bits per heavy atom. The van der Waals surface area contributed by atoms with Gasteiger partial charge in [0.15, 0.2) is 5.65 Å². The molecule has 0 radical (unpaired) electrons. The van der Waals surface area contributed by atoms with Gasteiger partial charge >= 0.3 is 12.1 Å². The van der Waals surface area contributed by atoms with E-state index in [1.807, 2.05) is 37.3 Å². The number of rotatable bonds is 4. The van der Waals surface area contributed by atoms with Crippen LogP contribution in [0.5, 0.6) is 0 Å². The summed E-state index contributed by atoms with van der Waals surface area (Å²) in [6, 6.07) is 11.1. The second-order valence-corrected chi connectivity index (χ2v) is 8.91. The zero-order chi connectivity index (χ0) is 25.7. The summed E-state index contributed by atoms with van der Waals surface area (Å²) in [6.07, 6.45) is 0.896. The van der Waals surface area contributed by atoms with Gasteiger partial charge in [0.05, 0.1) is 11.7 Å². The van der Waals surface area contributed by atoms with Crippen molar-refractivity contribution in [2.24, 2.45) is 5.92 Å². The summed E-state index contributed by atoms with van der Waals surface area (Å²) in [4.78, 5) is 40.7. The Morgan fingerprint density at radius 1 is 1.26 bits per heavy atom. The summed E-state index contributed by atoms with van der Waals surface area (Å²) in [5.74, 6) is -0.153. The van der Waals surface area contributed by atoms with Crippen LogP contribution in [0.25, 0.3) is 5.65 Å². The topological polar surface area (TPSA) is 117 Å². The molecule has 0 spiro atoms. The van der Waals surface area contributed by atoms with Gasteiger partial charge in [-0.3, -0.25) is 14.8 Å². The lowest BCUT2D eigenvalue weighted by Crippen LogP contribution is -2.41. The molecule has 186 valence electrons. The fourth-order valence-corrected chi connectivity index (χ4v) is 4.11. The standard InChI is InChI=1S/C15H20N4O3.C11H12O2/c1-8-5-4-6-18(15(21)22)13(8)11-7-12-16-10(3)9(2)14(20)19(12)17-11;1-9(2)11(12)13-8-10-6-4-3-5-7-10/h7-8,13,17H,4-6H2,1-3H3,(H,21,22);3-7H,1,8H2,2H3. The molecule has 9 heteroatoms. The molecule has 0 bridgehead atoms. The molecule has 35 heavy (non-hydrogen) atoms. The number of benzene rings is 1. The number of hydrogen-bond acceptors (Lipinski definition) is 5. The number of amides is 1. The molecule has 2 aromatic heterocycles. The lowest BCUT2D eigenvalue weighted by atomic mass is 9.89. The zero-order valence-electron chi connectivity index (χ0n) is 20.6. The second-order valence-electron chi connectivity index (χ2n) is 8.91. The molecule has 0 aliphatic carbocycles. The highest BCUT2D eigenvalue weighted by atomic mass is 16.5. The monoisotopic (exact) mass is 480 g/mol. The van der Waals surface area contributed by atoms with E-state index in [-0.39, 0.29) is 23.5 Å². The Morgan fingerprint density at radius 2 is 1.94 bits per heavy atom. The van der Waals surface area contributed by atoms with Gasteiger partial charge in [-0.05, 0) is 45.1 Å². The Labute approximate surface area is 204 Å². The predicted octanol–water partition coefficient (Wildman–Crippen LogP) is 4.40. The molecular formula is C26H32N4O5. The normalized spacial score (nSPS) is 17.4. The molecule has 1 amide bonds. The van der Waals surface area contributed by atoms with E-state index in [9.17, 15) is 19.5 Å². The minimum atomic E-state index is -0.928. The van der Waals surface area contributed by atoms with Crippen molar-refractivity contribution < 1.29 is 19.4 Å². The number of aryl methyl sites for hydroxylation is 1. The average molecular weight is 481 g/mol. The third-order valence-corrected chi connectivity index (χ3v) is 6.16. The number of H-pyrrole nitrogens is 1. The number of hydrogen-bond donors (Lipinski definition) is 2. The number of piperidine rings is 1. The summed E-state index contributed by atoms with van der Waals surface area (Å²) in [7, 11) is 0. The van der Waals surface area contributed by atoms with Gasteiger partial charge < -0.3 is 9.84 Å². The van der Waals surface area contributed by atoms with Gasteiger partial charge in [0, 0.05) is 29.4 Å². The fraction of sp³-hybridized carbons (Fsp3) is 0.385. The molecule has 0 saturated carbocycles. The van der Waals surface area contributed by atoms with Crippen LogP contribution in [0.15, 0.2) is 53.3 Å². The Balaban J connectivity index is 0.000000225. The molecule has 2 unspecified atom stereocenters. The molecule has 4 rings (SSSR count). The number of ether oxygens (including phenoxy) is 1. The first-order valence-corrected chi connectivity index (χ1v) is 11.5. The van der Waals surface area contributed by atoms with Crippen LogP contribution in [0.3, 0.4) is 0 Å². The van der Waals surface area contributed by atoms with Crippen molar-refractivity contribution in [1.29, 1.82) is 0 Å². The van der Waals surface area contributed by atoms with E-state index in [2.05, 4.69) is 16.7 Å². The van der Waals surface area contributed by atoms with Crippen molar-refractivity contribution in [2.45, 2.75) is 53.2 Å². The average Bonchev–Trinajstić information content (AvgIpc) is 3.25. The molecule has 1 aliphatic heterocycles. The Hall–Kier alpha value is -3.88. The highest BCUT2D eigenvalue weighted by Gasteiger charge is 2.34. The van der Waals surface area contributed by atoms with Crippen molar-refractivity contribution in [1.82, 2.24) is 19.5 Å². The molecule has 1 aromatic carbocycles. The molecule has 1 aliphatic rings. The number of aromatic nitrogens is 3. The molecule has 9 nitrogen and oxygen atoms in total. The van der Waals surface area contributed by atoms with Crippen LogP contribution in [-0.4, -0.2) is 43.2 Å². The third-order valence-electron chi connectivity index (χ3n) is 6.16. The Bertz CT molecular complexity index is 1280. The molecule has 3 heterocycles. The predicted molar refractivity (Wildman–Crippen MR) is 132 cm³/mol. The van der Waals surface area contributed by atoms with E-state index in [0.29, 0.717) is 35.6 Å². The molecule has 2 N–H and O–H groups in total. The lowest BCUT2D eigenvalue weighted by molar-refractivity contribution is -0.140. The molecular weight excluding hydrogens is 448 g/mol. The van der Waals surface area contributed by atoms with Crippen LogP contribution in [-0.2, 0) is 16.1 Å². The number of carbonyl (C=O) groups is 2. The van der Waals surface area contributed by atoms with Crippen molar-refractivity contribution in [3.05, 3.63) is 81.4 Å². The van der Waals surface area contributed by atoms with Crippen molar-refractivity contribution >= 4 is 17.7 Å².